The minimum absolute atomic E-state index is 1.24. The third-order valence-electron chi connectivity index (χ3n) is 13.4. The van der Waals surface area contributed by atoms with Gasteiger partial charge in [-0.3, -0.25) is 0 Å². The molecule has 1 aromatic carbocycles. The molecule has 0 saturated carbocycles. The van der Waals surface area contributed by atoms with Gasteiger partial charge in [0.2, 0.25) is 0 Å². The van der Waals surface area contributed by atoms with Crippen molar-refractivity contribution in [1.82, 2.24) is 0 Å². The Morgan fingerprint density at radius 3 is 0.526 bits per heavy atom. The summed E-state index contributed by atoms with van der Waals surface area (Å²) in [6.45, 7) is 11.7. The van der Waals surface area contributed by atoms with Gasteiger partial charge >= 0.3 is 0 Å². The van der Waals surface area contributed by atoms with Crippen LogP contribution in [0.25, 0.3) is 0 Å². The normalized spacial score (nSPS) is 11.7. The first-order valence-corrected chi connectivity index (χ1v) is 27.4. The van der Waals surface area contributed by atoms with Crippen LogP contribution in [0.4, 0.5) is 0 Å². The quantitative estimate of drug-likeness (QED) is 0.0576. The van der Waals surface area contributed by atoms with Crippen molar-refractivity contribution >= 4 is 12.6 Å². The van der Waals surface area contributed by atoms with E-state index >= 15 is 0 Å². The van der Waals surface area contributed by atoms with Crippen LogP contribution in [0.15, 0.2) is 4.90 Å². The average molecular weight is 811 g/mol. The van der Waals surface area contributed by atoms with Gasteiger partial charge in [0.05, 0.1) is 0 Å². The molecule has 0 aliphatic heterocycles. The molecule has 57 heavy (non-hydrogen) atoms. The van der Waals surface area contributed by atoms with E-state index in [-0.39, 0.29) is 0 Å². The number of hydrogen-bond donors (Lipinski definition) is 0. The molecule has 1 radical (unpaired) electrons. The summed E-state index contributed by atoms with van der Waals surface area (Å²) in [6, 6.07) is 0. The molecule has 335 valence electrons. The molecule has 0 atom stereocenters. The lowest BCUT2D eigenvalue weighted by Crippen LogP contribution is -2.12. The zero-order chi connectivity index (χ0) is 41.3. The molecular weight excluding hydrogens is 705 g/mol. The van der Waals surface area contributed by atoms with Crippen LogP contribution in [-0.4, -0.2) is 0 Å². The minimum Gasteiger partial charge on any atom is -0.0795 e. The molecule has 0 unspecified atom stereocenters. The Morgan fingerprint density at radius 2 is 0.333 bits per heavy atom. The van der Waals surface area contributed by atoms with Crippen molar-refractivity contribution < 1.29 is 0 Å². The highest BCUT2D eigenvalue weighted by atomic mass is 32.1. The summed E-state index contributed by atoms with van der Waals surface area (Å²) >= 11 is 6.75. The van der Waals surface area contributed by atoms with Gasteiger partial charge in [-0.15, -0.1) is 0 Å². The molecule has 1 aromatic rings. The van der Waals surface area contributed by atoms with Crippen molar-refractivity contribution in [1.29, 1.82) is 0 Å². The predicted octanol–water partition coefficient (Wildman–Crippen LogP) is 20.7. The van der Waals surface area contributed by atoms with Crippen LogP contribution in [0.2, 0.25) is 0 Å². The third-order valence-corrected chi connectivity index (χ3v) is 13.9. The van der Waals surface area contributed by atoms with E-state index in [1.165, 1.54) is 294 Å². The van der Waals surface area contributed by atoms with Gasteiger partial charge in [-0.2, -0.15) is 0 Å². The van der Waals surface area contributed by atoms with Gasteiger partial charge in [-0.05, 0) is 92.0 Å². The first kappa shape index (κ1) is 54.5. The molecule has 0 fully saturated rings. The molecule has 1 rings (SSSR count). The van der Waals surface area contributed by atoms with Gasteiger partial charge in [-0.1, -0.05) is 272 Å². The maximum absolute atomic E-state index is 6.75. The van der Waals surface area contributed by atoms with Crippen LogP contribution < -0.4 is 0 Å². The van der Waals surface area contributed by atoms with E-state index in [4.69, 9.17) is 12.6 Å². The molecule has 1 heteroatoms. The Bertz CT molecular complexity index is 911. The summed E-state index contributed by atoms with van der Waals surface area (Å²) in [5.74, 6) is 0. The predicted molar refractivity (Wildman–Crippen MR) is 264 cm³/mol. The number of hydrogen-bond acceptors (Lipinski definition) is 0. The number of benzene rings is 1. The highest BCUT2D eigenvalue weighted by Gasteiger charge is 2.22. The van der Waals surface area contributed by atoms with Crippen molar-refractivity contribution in [3.63, 3.8) is 0 Å². The van der Waals surface area contributed by atoms with E-state index < -0.39 is 0 Å². The van der Waals surface area contributed by atoms with E-state index in [0.29, 0.717) is 0 Å². The van der Waals surface area contributed by atoms with E-state index in [2.05, 4.69) is 34.6 Å². The molecule has 0 N–H and O–H groups in total. The average Bonchev–Trinajstić information content (AvgIpc) is 3.22. The Hall–Kier alpha value is -0.560. The summed E-state index contributed by atoms with van der Waals surface area (Å²) < 4.78 is 0. The molecule has 0 amide bonds. The maximum atomic E-state index is 6.75. The first-order chi connectivity index (χ1) is 28.2. The van der Waals surface area contributed by atoms with Crippen LogP contribution >= 0.6 is 12.6 Å². The zero-order valence-corrected chi connectivity index (χ0v) is 41.0. The lowest BCUT2D eigenvalue weighted by Gasteiger charge is -2.26. The molecule has 0 bridgehead atoms. The van der Waals surface area contributed by atoms with Gasteiger partial charge in [0.25, 0.3) is 0 Å². The first-order valence-electron chi connectivity index (χ1n) is 27.0. The fourth-order valence-corrected chi connectivity index (χ4v) is 10.1. The number of unbranched alkanes of at least 4 members (excludes halogenated alkanes) is 35. The molecule has 0 aromatic heterocycles. The molecule has 0 nitrogen and oxygen atoms in total. The Morgan fingerprint density at radius 1 is 0.193 bits per heavy atom. The standard InChI is InChI=1S/C56H105S/c1-6-11-16-21-26-31-36-41-46-51-52(47-42-37-32-27-22-17-12-7-2)54(49-44-39-34-29-24-19-14-9-4)56(57)55(50-45-40-35-30-25-20-15-10-5)53(51)48-43-38-33-28-23-18-13-8-3/h6-50H2,1-5H3. The third kappa shape index (κ3) is 29.4. The summed E-state index contributed by atoms with van der Waals surface area (Å²) in [6.07, 6.45) is 62.6. The van der Waals surface area contributed by atoms with Gasteiger partial charge in [0.15, 0.2) is 0 Å². The summed E-state index contributed by atoms with van der Waals surface area (Å²) in [5, 5.41) is 0. The van der Waals surface area contributed by atoms with Crippen molar-refractivity contribution in [2.45, 2.75) is 328 Å². The second-order valence-corrected chi connectivity index (χ2v) is 19.3. The van der Waals surface area contributed by atoms with Crippen LogP contribution in [-0.2, 0) is 32.1 Å². The van der Waals surface area contributed by atoms with Crippen LogP contribution in [0, 0.1) is 0 Å². The second-order valence-electron chi connectivity index (χ2n) is 18.8. The zero-order valence-electron chi connectivity index (χ0n) is 40.2. The molecular formula is C56H105S. The Balaban J connectivity index is 3.38. The van der Waals surface area contributed by atoms with Crippen molar-refractivity contribution in [2.24, 2.45) is 0 Å². The smallest absolute Gasteiger partial charge is 0.0446 e. The van der Waals surface area contributed by atoms with Crippen molar-refractivity contribution in [3.8, 4) is 0 Å². The number of rotatable bonds is 45. The lowest BCUT2D eigenvalue weighted by atomic mass is 9.81. The van der Waals surface area contributed by atoms with E-state index in [9.17, 15) is 0 Å². The van der Waals surface area contributed by atoms with Crippen LogP contribution in [0.1, 0.15) is 319 Å². The Labute approximate surface area is 367 Å². The second kappa shape index (κ2) is 42.1. The van der Waals surface area contributed by atoms with Crippen LogP contribution in [0.3, 0.4) is 0 Å². The molecule has 0 heterocycles. The fraction of sp³-hybridized carbons (Fsp3) is 0.893. The van der Waals surface area contributed by atoms with E-state index in [1.54, 1.807) is 22.3 Å². The molecule has 0 spiro atoms. The topological polar surface area (TPSA) is 0 Å². The minimum atomic E-state index is 1.24. The van der Waals surface area contributed by atoms with Gasteiger partial charge in [0, 0.05) is 4.90 Å². The maximum Gasteiger partial charge on any atom is 0.0446 e. The van der Waals surface area contributed by atoms with E-state index in [1.807, 2.05) is 5.56 Å². The monoisotopic (exact) mass is 810 g/mol. The molecule has 0 saturated heterocycles. The largest absolute Gasteiger partial charge is 0.0795 e. The lowest BCUT2D eigenvalue weighted by molar-refractivity contribution is 0.559. The molecule has 0 aliphatic rings. The summed E-state index contributed by atoms with van der Waals surface area (Å²) in [4.78, 5) is 1.35. The molecule has 0 aliphatic carbocycles. The van der Waals surface area contributed by atoms with Crippen molar-refractivity contribution in [3.05, 3.63) is 27.8 Å². The summed E-state index contributed by atoms with van der Waals surface area (Å²) in [5.41, 5.74) is 8.74. The Kier molecular flexibility index (Phi) is 40.3. The SMILES string of the molecule is CCCCCCCCCCc1c([S])c(CCCCCCCCCC)c(CCCCCCCCCC)c(CCCCCCCCCC)c1CCCCCCCCCC. The summed E-state index contributed by atoms with van der Waals surface area (Å²) in [7, 11) is 0. The van der Waals surface area contributed by atoms with Crippen molar-refractivity contribution in [2.75, 3.05) is 0 Å². The van der Waals surface area contributed by atoms with Gasteiger partial charge in [0.1, 0.15) is 0 Å². The highest BCUT2D eigenvalue weighted by Crippen LogP contribution is 2.37. The van der Waals surface area contributed by atoms with Crippen LogP contribution in [0.5, 0.6) is 0 Å². The van der Waals surface area contributed by atoms with E-state index in [0.717, 1.165) is 0 Å². The highest BCUT2D eigenvalue weighted by molar-refractivity contribution is 7.80. The van der Waals surface area contributed by atoms with Gasteiger partial charge < -0.3 is 0 Å². The van der Waals surface area contributed by atoms with Gasteiger partial charge in [-0.25, -0.2) is 0 Å². The fourth-order valence-electron chi connectivity index (χ4n) is 9.62.